The van der Waals surface area contributed by atoms with Gasteiger partial charge in [0.15, 0.2) is 0 Å². The molecule has 1 aliphatic heterocycles. The van der Waals surface area contributed by atoms with Gasteiger partial charge in [-0.05, 0) is 78.7 Å². The van der Waals surface area contributed by atoms with E-state index in [1.54, 1.807) is 47.4 Å². The molecule has 6 rings (SSSR count). The molecule has 1 N–H and O–H groups in total. The van der Waals surface area contributed by atoms with Crippen LogP contribution in [0.25, 0.3) is 22.2 Å². The Kier molecular flexibility index (Phi) is 5.96. The van der Waals surface area contributed by atoms with Gasteiger partial charge >= 0.3 is 0 Å². The first kappa shape index (κ1) is 23.9. The average molecular weight is 524 g/mol. The molecule has 0 aliphatic carbocycles. The highest BCUT2D eigenvalue weighted by atomic mass is 32.2. The van der Waals surface area contributed by atoms with Crippen molar-refractivity contribution in [2.75, 3.05) is 13.2 Å². The van der Waals surface area contributed by atoms with E-state index in [4.69, 9.17) is 4.74 Å². The molecule has 190 valence electrons. The van der Waals surface area contributed by atoms with Crippen LogP contribution in [0.2, 0.25) is 0 Å². The van der Waals surface area contributed by atoms with Gasteiger partial charge in [0.05, 0.1) is 27.4 Å². The number of amides is 1. The number of ether oxygens (including phenoxy) is 1. The Morgan fingerprint density at radius 3 is 2.39 bits per heavy atom. The van der Waals surface area contributed by atoms with Crippen LogP contribution in [-0.2, 0) is 16.4 Å². The molecule has 0 saturated heterocycles. The fourth-order valence-electron chi connectivity index (χ4n) is 4.76. The number of hydrogen-bond acceptors (Lipinski definition) is 5. The molecule has 38 heavy (non-hydrogen) atoms. The van der Waals surface area contributed by atoms with Crippen molar-refractivity contribution in [1.82, 2.24) is 14.9 Å². The molecule has 1 aromatic heterocycles. The van der Waals surface area contributed by atoms with E-state index in [9.17, 15) is 13.2 Å². The monoisotopic (exact) mass is 523 g/mol. The van der Waals surface area contributed by atoms with Crippen molar-refractivity contribution >= 4 is 26.8 Å². The molecule has 4 aromatic carbocycles. The number of benzene rings is 4. The molecule has 7 nitrogen and oxygen atoms in total. The number of carbonyl (C=O) groups excluding carboxylic acids is 1. The molecule has 0 unspecified atom stereocenters. The van der Waals surface area contributed by atoms with Crippen LogP contribution in [0.4, 0.5) is 0 Å². The summed E-state index contributed by atoms with van der Waals surface area (Å²) in [5.74, 6) is 1.45. The van der Waals surface area contributed by atoms with E-state index >= 15 is 0 Å². The van der Waals surface area contributed by atoms with Gasteiger partial charge in [-0.2, -0.15) is 0 Å². The number of hydrogen-bond donors (Lipinski definition) is 1. The number of nitrogens with one attached hydrogen (secondary N) is 1. The van der Waals surface area contributed by atoms with E-state index in [1.165, 1.54) is 12.1 Å². The third-order valence-electron chi connectivity index (χ3n) is 6.73. The van der Waals surface area contributed by atoms with Gasteiger partial charge in [0, 0.05) is 17.7 Å². The number of aromatic nitrogens is 2. The van der Waals surface area contributed by atoms with Crippen LogP contribution in [0.1, 0.15) is 21.7 Å². The highest BCUT2D eigenvalue weighted by molar-refractivity contribution is 7.91. The predicted molar refractivity (Wildman–Crippen MR) is 145 cm³/mol. The fraction of sp³-hybridized carbons (Fsp3) is 0.133. The summed E-state index contributed by atoms with van der Waals surface area (Å²) in [4.78, 5) is 23.3. The summed E-state index contributed by atoms with van der Waals surface area (Å²) in [6.45, 7) is 3.11. The lowest BCUT2D eigenvalue weighted by atomic mass is 10.0. The molecular formula is C30H25N3O4S. The lowest BCUT2D eigenvalue weighted by Crippen LogP contribution is -2.32. The molecule has 0 spiro atoms. The Morgan fingerprint density at radius 2 is 1.61 bits per heavy atom. The van der Waals surface area contributed by atoms with Crippen molar-refractivity contribution in [3.05, 3.63) is 108 Å². The Balaban J connectivity index is 1.25. The van der Waals surface area contributed by atoms with E-state index in [1.807, 2.05) is 31.2 Å². The molecule has 1 amide bonds. The molecule has 0 bridgehead atoms. The van der Waals surface area contributed by atoms with Gasteiger partial charge in [0.25, 0.3) is 5.91 Å². The Labute approximate surface area is 220 Å². The van der Waals surface area contributed by atoms with E-state index in [0.29, 0.717) is 25.3 Å². The zero-order valence-corrected chi connectivity index (χ0v) is 21.5. The first-order valence-electron chi connectivity index (χ1n) is 12.3. The van der Waals surface area contributed by atoms with Crippen molar-refractivity contribution in [2.45, 2.75) is 23.3 Å². The summed E-state index contributed by atoms with van der Waals surface area (Å²) < 4.78 is 31.8. The third-order valence-corrected chi connectivity index (χ3v) is 8.51. The van der Waals surface area contributed by atoms with E-state index in [0.717, 1.165) is 39.3 Å². The van der Waals surface area contributed by atoms with Gasteiger partial charge in [0.2, 0.25) is 9.84 Å². The van der Waals surface area contributed by atoms with Crippen molar-refractivity contribution in [1.29, 1.82) is 0 Å². The summed E-state index contributed by atoms with van der Waals surface area (Å²) in [5.41, 5.74) is 5.30. The maximum absolute atomic E-state index is 13.4. The molecule has 5 aromatic rings. The van der Waals surface area contributed by atoms with Crippen molar-refractivity contribution in [3.8, 4) is 16.9 Å². The van der Waals surface area contributed by atoms with Crippen molar-refractivity contribution < 1.29 is 17.9 Å². The van der Waals surface area contributed by atoms with Crippen molar-refractivity contribution in [2.24, 2.45) is 0 Å². The second-order valence-corrected chi connectivity index (χ2v) is 11.2. The highest BCUT2D eigenvalue weighted by Gasteiger charge is 2.23. The second kappa shape index (κ2) is 9.46. The Hall–Kier alpha value is -4.43. The molecule has 0 radical (unpaired) electrons. The number of imidazole rings is 1. The van der Waals surface area contributed by atoms with Crippen LogP contribution in [0.3, 0.4) is 0 Å². The summed E-state index contributed by atoms with van der Waals surface area (Å²) in [7, 11) is -3.65. The minimum Gasteiger partial charge on any atom is -0.491 e. The molecule has 2 heterocycles. The second-order valence-electron chi connectivity index (χ2n) is 9.29. The van der Waals surface area contributed by atoms with E-state index in [2.05, 4.69) is 22.1 Å². The van der Waals surface area contributed by atoms with Crippen LogP contribution in [-0.4, -0.2) is 42.3 Å². The number of carbonyl (C=O) groups is 1. The molecule has 0 saturated carbocycles. The highest BCUT2D eigenvalue weighted by Crippen LogP contribution is 2.31. The van der Waals surface area contributed by atoms with Gasteiger partial charge < -0.3 is 14.6 Å². The number of sulfone groups is 1. The minimum atomic E-state index is -3.65. The van der Waals surface area contributed by atoms with Crippen LogP contribution in [0.15, 0.2) is 101 Å². The van der Waals surface area contributed by atoms with Gasteiger partial charge in [0.1, 0.15) is 18.2 Å². The SMILES string of the molecule is Cc1nc2ccc(-c3ccc4c(c3)CN(C(=O)c3ccc(S(=O)(=O)c5ccccc5)cc3)CCO4)cc2[nH]1. The third kappa shape index (κ3) is 4.43. The van der Waals surface area contributed by atoms with Gasteiger partial charge in [-0.25, -0.2) is 13.4 Å². The lowest BCUT2D eigenvalue weighted by molar-refractivity contribution is 0.0733. The number of aromatic amines is 1. The molecule has 1 aliphatic rings. The first-order valence-corrected chi connectivity index (χ1v) is 13.8. The Morgan fingerprint density at radius 1 is 0.895 bits per heavy atom. The maximum Gasteiger partial charge on any atom is 0.254 e. The molecule has 8 heteroatoms. The smallest absolute Gasteiger partial charge is 0.254 e. The number of fused-ring (bicyclic) bond motifs is 2. The number of rotatable bonds is 4. The predicted octanol–water partition coefficient (Wildman–Crippen LogP) is 5.41. The minimum absolute atomic E-state index is 0.152. The molecule has 0 fully saturated rings. The van der Waals surface area contributed by atoms with Crippen molar-refractivity contribution in [3.63, 3.8) is 0 Å². The topological polar surface area (TPSA) is 92.4 Å². The summed E-state index contributed by atoms with van der Waals surface area (Å²) >= 11 is 0. The normalized spacial score (nSPS) is 13.6. The fourth-order valence-corrected chi connectivity index (χ4v) is 6.04. The Bertz CT molecular complexity index is 1760. The number of aryl methyl sites for hydroxylation is 1. The number of H-pyrrole nitrogens is 1. The first-order chi connectivity index (χ1) is 18.4. The van der Waals surface area contributed by atoms with Gasteiger partial charge in [-0.15, -0.1) is 0 Å². The van der Waals surface area contributed by atoms with Crippen LogP contribution in [0, 0.1) is 6.92 Å². The zero-order valence-electron chi connectivity index (χ0n) is 20.7. The maximum atomic E-state index is 13.4. The summed E-state index contributed by atoms with van der Waals surface area (Å²) in [6, 6.07) is 26.5. The van der Waals surface area contributed by atoms with E-state index < -0.39 is 9.84 Å². The lowest BCUT2D eigenvalue weighted by Gasteiger charge is -2.20. The van der Waals surface area contributed by atoms with Gasteiger partial charge in [-0.1, -0.05) is 30.3 Å². The summed E-state index contributed by atoms with van der Waals surface area (Å²) in [5, 5.41) is 0. The van der Waals surface area contributed by atoms with Crippen LogP contribution >= 0.6 is 0 Å². The molecule has 0 atom stereocenters. The van der Waals surface area contributed by atoms with Crippen LogP contribution in [0.5, 0.6) is 5.75 Å². The van der Waals surface area contributed by atoms with Gasteiger partial charge in [-0.3, -0.25) is 4.79 Å². The largest absolute Gasteiger partial charge is 0.491 e. The number of nitrogens with zero attached hydrogens (tertiary/aromatic N) is 2. The standard InChI is InChI=1S/C30H25N3O4S/c1-20-31-27-13-9-23(18-28(27)32-20)22-10-14-29-24(17-22)19-33(15-16-37-29)30(34)21-7-11-26(12-8-21)38(35,36)25-5-3-2-4-6-25/h2-14,17-18H,15-16,19H2,1H3,(H,31,32). The quantitative estimate of drug-likeness (QED) is 0.340. The van der Waals surface area contributed by atoms with Crippen LogP contribution < -0.4 is 4.74 Å². The molecular weight excluding hydrogens is 498 g/mol. The zero-order chi connectivity index (χ0) is 26.3. The summed E-state index contributed by atoms with van der Waals surface area (Å²) in [6.07, 6.45) is 0. The van der Waals surface area contributed by atoms with E-state index in [-0.39, 0.29) is 15.7 Å². The average Bonchev–Trinajstić information content (AvgIpc) is 3.18.